The van der Waals surface area contributed by atoms with Crippen molar-refractivity contribution in [3.63, 3.8) is 0 Å². The average Bonchev–Trinajstić information content (AvgIpc) is 2.82. The Labute approximate surface area is 118 Å². The second-order valence-corrected chi connectivity index (χ2v) is 5.60. The molecular weight excluding hydrogens is 312 g/mol. The zero-order chi connectivity index (χ0) is 14.2. The molecule has 0 bridgehead atoms. The highest BCUT2D eigenvalue weighted by atomic mass is 79.9. The fourth-order valence-corrected chi connectivity index (χ4v) is 1.86. The molecule has 0 saturated carbocycles. The van der Waals surface area contributed by atoms with Crippen molar-refractivity contribution in [2.24, 2.45) is 0 Å². The molecule has 0 aliphatic rings. The first-order valence-electron chi connectivity index (χ1n) is 5.63. The molecule has 19 heavy (non-hydrogen) atoms. The molecule has 0 unspecified atom stereocenters. The molecule has 2 aromatic rings. The Morgan fingerprint density at radius 1 is 1.42 bits per heavy atom. The molecule has 7 heteroatoms. The number of rotatable bonds is 3. The van der Waals surface area contributed by atoms with Gasteiger partial charge in [0.1, 0.15) is 0 Å². The molecule has 0 saturated heterocycles. The molecule has 1 heterocycles. The lowest BCUT2D eigenvalue weighted by Gasteiger charge is -2.20. The summed E-state index contributed by atoms with van der Waals surface area (Å²) in [7, 11) is 0. The van der Waals surface area contributed by atoms with Gasteiger partial charge in [-0.3, -0.25) is 0 Å². The molecule has 1 aromatic heterocycles. The number of carbonyl (C=O) groups is 1. The molecule has 6 nitrogen and oxygen atoms in total. The summed E-state index contributed by atoms with van der Waals surface area (Å²) >= 11 is 3.42. The monoisotopic (exact) mass is 324 g/mol. The Morgan fingerprint density at radius 2 is 2.11 bits per heavy atom. The van der Waals surface area contributed by atoms with Gasteiger partial charge in [0.15, 0.2) is 11.4 Å². The van der Waals surface area contributed by atoms with Crippen LogP contribution in [0, 0.1) is 6.92 Å². The highest BCUT2D eigenvalue weighted by Crippen LogP contribution is 2.26. The van der Waals surface area contributed by atoms with E-state index in [4.69, 9.17) is 0 Å². The number of tetrazole rings is 1. The van der Waals surface area contributed by atoms with Crippen molar-refractivity contribution < 1.29 is 9.90 Å². The quantitative estimate of drug-likeness (QED) is 0.936. The molecule has 0 atom stereocenters. The van der Waals surface area contributed by atoms with E-state index in [-0.39, 0.29) is 0 Å². The van der Waals surface area contributed by atoms with Crippen molar-refractivity contribution in [1.82, 2.24) is 20.2 Å². The zero-order valence-electron chi connectivity index (χ0n) is 10.8. The summed E-state index contributed by atoms with van der Waals surface area (Å²) in [5.74, 6) is -0.558. The normalized spacial score (nSPS) is 11.6. The van der Waals surface area contributed by atoms with Crippen LogP contribution in [0.4, 0.5) is 0 Å². The van der Waals surface area contributed by atoms with Crippen LogP contribution in [0.5, 0.6) is 0 Å². The first kappa shape index (κ1) is 13.7. The van der Waals surface area contributed by atoms with E-state index in [2.05, 4.69) is 31.5 Å². The van der Waals surface area contributed by atoms with Crippen molar-refractivity contribution in [2.45, 2.75) is 26.3 Å². The molecule has 100 valence electrons. The molecule has 2 rings (SSSR count). The minimum atomic E-state index is -1.21. The second-order valence-electron chi connectivity index (χ2n) is 4.74. The van der Waals surface area contributed by atoms with E-state index in [9.17, 15) is 9.90 Å². The Morgan fingerprint density at radius 3 is 2.68 bits per heavy atom. The molecule has 0 amide bonds. The number of carboxylic acids is 1. The van der Waals surface area contributed by atoms with Gasteiger partial charge in [0.2, 0.25) is 0 Å². The standard InChI is InChI=1S/C12H13BrN4O2/c1-7-6-8(4-5-9(7)13)10-14-15-16-17(10)12(2,3)11(18)19/h4-6H,1-3H3,(H,18,19). The van der Waals surface area contributed by atoms with Crippen LogP contribution in [0.2, 0.25) is 0 Å². The fourth-order valence-electron chi connectivity index (χ4n) is 1.62. The lowest BCUT2D eigenvalue weighted by Crippen LogP contribution is -2.37. The third-order valence-corrected chi connectivity index (χ3v) is 3.83. The molecule has 0 aliphatic carbocycles. The third kappa shape index (κ3) is 2.37. The SMILES string of the molecule is Cc1cc(-c2nnnn2C(C)(C)C(=O)O)ccc1Br. The van der Waals surface area contributed by atoms with Gasteiger partial charge in [-0.15, -0.1) is 5.10 Å². The smallest absolute Gasteiger partial charge is 0.331 e. The predicted octanol–water partition coefficient (Wildman–Crippen LogP) is 2.23. The van der Waals surface area contributed by atoms with Gasteiger partial charge in [-0.2, -0.15) is 0 Å². The van der Waals surface area contributed by atoms with Gasteiger partial charge in [0, 0.05) is 10.0 Å². The minimum absolute atomic E-state index is 0.433. The molecule has 1 N–H and O–H groups in total. The summed E-state index contributed by atoms with van der Waals surface area (Å²) in [5, 5.41) is 20.6. The molecule has 0 radical (unpaired) electrons. The van der Waals surface area contributed by atoms with Crippen molar-refractivity contribution >= 4 is 21.9 Å². The molecule has 0 fully saturated rings. The molecule has 0 aliphatic heterocycles. The van der Waals surface area contributed by atoms with E-state index in [1.165, 1.54) is 4.68 Å². The highest BCUT2D eigenvalue weighted by molar-refractivity contribution is 9.10. The second kappa shape index (κ2) is 4.73. The van der Waals surface area contributed by atoms with Crippen LogP contribution in [0.1, 0.15) is 19.4 Å². The van der Waals surface area contributed by atoms with Crippen LogP contribution in [-0.2, 0) is 10.3 Å². The average molecular weight is 325 g/mol. The maximum atomic E-state index is 11.3. The number of nitrogens with zero attached hydrogens (tertiary/aromatic N) is 4. The lowest BCUT2D eigenvalue weighted by molar-refractivity contribution is -0.146. The topological polar surface area (TPSA) is 80.9 Å². The highest BCUT2D eigenvalue weighted by Gasteiger charge is 2.33. The number of hydrogen-bond acceptors (Lipinski definition) is 4. The number of hydrogen-bond donors (Lipinski definition) is 1. The summed E-state index contributed by atoms with van der Waals surface area (Å²) < 4.78 is 2.30. The van der Waals surface area contributed by atoms with Crippen LogP contribution in [0.3, 0.4) is 0 Å². The number of aromatic nitrogens is 4. The van der Waals surface area contributed by atoms with Crippen LogP contribution >= 0.6 is 15.9 Å². The van der Waals surface area contributed by atoms with E-state index < -0.39 is 11.5 Å². The van der Waals surface area contributed by atoms with Crippen LogP contribution in [0.15, 0.2) is 22.7 Å². The van der Waals surface area contributed by atoms with Crippen molar-refractivity contribution in [3.05, 3.63) is 28.2 Å². The molecule has 1 aromatic carbocycles. The third-order valence-electron chi connectivity index (χ3n) is 2.94. The van der Waals surface area contributed by atoms with E-state index in [1.54, 1.807) is 13.8 Å². The number of benzene rings is 1. The van der Waals surface area contributed by atoms with Crippen molar-refractivity contribution in [2.75, 3.05) is 0 Å². The summed E-state index contributed by atoms with van der Waals surface area (Å²) in [5.41, 5.74) is 0.597. The first-order chi connectivity index (χ1) is 8.84. The number of aryl methyl sites for hydroxylation is 1. The van der Waals surface area contributed by atoms with E-state index >= 15 is 0 Å². The Bertz CT molecular complexity index is 636. The Hall–Kier alpha value is -1.76. The van der Waals surface area contributed by atoms with Gasteiger partial charge in [0.25, 0.3) is 0 Å². The largest absolute Gasteiger partial charge is 0.479 e. The van der Waals surface area contributed by atoms with E-state index in [1.807, 2.05) is 25.1 Å². The maximum absolute atomic E-state index is 11.3. The lowest BCUT2D eigenvalue weighted by atomic mass is 10.1. The van der Waals surface area contributed by atoms with Gasteiger partial charge in [-0.05, 0) is 55.0 Å². The number of aliphatic carboxylic acids is 1. The maximum Gasteiger partial charge on any atom is 0.331 e. The van der Waals surface area contributed by atoms with E-state index in [0.717, 1.165) is 15.6 Å². The summed E-state index contributed by atoms with van der Waals surface area (Å²) in [6, 6.07) is 5.64. The minimum Gasteiger partial charge on any atom is -0.479 e. The molecular formula is C12H13BrN4O2. The van der Waals surface area contributed by atoms with Crippen LogP contribution in [-0.4, -0.2) is 31.3 Å². The van der Waals surface area contributed by atoms with Gasteiger partial charge in [-0.25, -0.2) is 9.48 Å². The Balaban J connectivity index is 2.56. The predicted molar refractivity (Wildman–Crippen MR) is 72.6 cm³/mol. The van der Waals surface area contributed by atoms with Gasteiger partial charge in [-0.1, -0.05) is 15.9 Å². The number of carboxylic acid groups (broad SMARTS) is 1. The summed E-state index contributed by atoms with van der Waals surface area (Å²) in [6.45, 7) is 5.06. The first-order valence-corrected chi connectivity index (χ1v) is 6.42. The Kier molecular flexibility index (Phi) is 3.40. The van der Waals surface area contributed by atoms with Gasteiger partial charge in [0.05, 0.1) is 0 Å². The fraction of sp³-hybridized carbons (Fsp3) is 0.333. The van der Waals surface area contributed by atoms with E-state index in [0.29, 0.717) is 5.82 Å². The molecule has 0 spiro atoms. The zero-order valence-corrected chi connectivity index (χ0v) is 12.3. The van der Waals surface area contributed by atoms with Gasteiger partial charge < -0.3 is 5.11 Å². The summed E-state index contributed by atoms with van der Waals surface area (Å²) in [6.07, 6.45) is 0. The van der Waals surface area contributed by atoms with Crippen molar-refractivity contribution in [3.8, 4) is 11.4 Å². The van der Waals surface area contributed by atoms with Crippen molar-refractivity contribution in [1.29, 1.82) is 0 Å². The number of halogens is 1. The van der Waals surface area contributed by atoms with Crippen LogP contribution in [0.25, 0.3) is 11.4 Å². The van der Waals surface area contributed by atoms with Gasteiger partial charge >= 0.3 is 5.97 Å². The van der Waals surface area contributed by atoms with Crippen LogP contribution < -0.4 is 0 Å². The summed E-state index contributed by atoms with van der Waals surface area (Å²) in [4.78, 5) is 11.3.